The monoisotopic (exact) mass is 225 g/mol. The largest absolute Gasteiger partial charge is 0.497 e. The molecule has 14 heavy (non-hydrogen) atoms. The molecule has 2 N–H and O–H groups in total. The van der Waals surface area contributed by atoms with E-state index >= 15 is 0 Å². The van der Waals surface area contributed by atoms with Crippen LogP contribution in [0.25, 0.3) is 10.1 Å². The second-order valence-electron chi connectivity index (χ2n) is 2.86. The van der Waals surface area contributed by atoms with Crippen molar-refractivity contribution in [2.75, 3.05) is 19.1 Å². The summed E-state index contributed by atoms with van der Waals surface area (Å²) >= 11 is 3.30. The molecule has 74 valence electrons. The molecule has 0 bridgehead atoms. The molecule has 0 amide bonds. The fraction of sp³-hybridized carbons (Fsp3) is 0.200. The van der Waals surface area contributed by atoms with Gasteiger partial charge in [-0.05, 0) is 24.5 Å². The van der Waals surface area contributed by atoms with E-state index in [9.17, 15) is 0 Å². The van der Waals surface area contributed by atoms with Crippen LogP contribution in [-0.4, -0.2) is 13.4 Å². The third-order valence-corrected chi connectivity index (χ3v) is 4.06. The quantitative estimate of drug-likeness (QED) is 0.797. The van der Waals surface area contributed by atoms with Crippen LogP contribution in [-0.2, 0) is 0 Å². The number of nitrogens with two attached hydrogens (primary N) is 1. The van der Waals surface area contributed by atoms with Gasteiger partial charge in [0.1, 0.15) is 10.8 Å². The third kappa shape index (κ3) is 1.44. The first-order valence-corrected chi connectivity index (χ1v) is 6.20. The van der Waals surface area contributed by atoms with Crippen molar-refractivity contribution in [2.45, 2.75) is 4.90 Å². The number of nitrogen functional groups attached to an aromatic ring is 1. The van der Waals surface area contributed by atoms with Gasteiger partial charge in [-0.15, -0.1) is 23.1 Å². The van der Waals surface area contributed by atoms with Gasteiger partial charge in [-0.2, -0.15) is 0 Å². The predicted octanol–water partition coefficient (Wildman–Crippen LogP) is 3.21. The van der Waals surface area contributed by atoms with Gasteiger partial charge in [-0.1, -0.05) is 0 Å². The van der Waals surface area contributed by atoms with Gasteiger partial charge in [0.2, 0.25) is 0 Å². The lowest BCUT2D eigenvalue weighted by molar-refractivity contribution is 0.415. The van der Waals surface area contributed by atoms with Gasteiger partial charge in [-0.25, -0.2) is 0 Å². The molecule has 0 aliphatic carbocycles. The van der Waals surface area contributed by atoms with E-state index in [-0.39, 0.29) is 0 Å². The van der Waals surface area contributed by atoms with E-state index in [0.29, 0.717) is 0 Å². The third-order valence-electron chi connectivity index (χ3n) is 2.08. The van der Waals surface area contributed by atoms with Crippen molar-refractivity contribution in [1.29, 1.82) is 0 Å². The molecule has 1 aromatic heterocycles. The normalized spacial score (nSPS) is 10.7. The molecule has 0 saturated carbocycles. The van der Waals surface area contributed by atoms with Gasteiger partial charge in [0, 0.05) is 15.0 Å². The SMILES string of the molecule is COc1ccc2sc(N)c(SC)c2c1. The molecular weight excluding hydrogens is 214 g/mol. The number of benzene rings is 1. The van der Waals surface area contributed by atoms with E-state index in [0.717, 1.165) is 15.6 Å². The molecule has 0 saturated heterocycles. The van der Waals surface area contributed by atoms with E-state index in [1.54, 1.807) is 30.2 Å². The topological polar surface area (TPSA) is 35.2 Å². The molecule has 0 fully saturated rings. The first kappa shape index (κ1) is 9.68. The van der Waals surface area contributed by atoms with E-state index in [4.69, 9.17) is 10.5 Å². The Balaban J connectivity index is 2.71. The van der Waals surface area contributed by atoms with Crippen LogP contribution in [0.15, 0.2) is 23.1 Å². The van der Waals surface area contributed by atoms with Crippen molar-refractivity contribution < 1.29 is 4.74 Å². The smallest absolute Gasteiger partial charge is 0.119 e. The summed E-state index contributed by atoms with van der Waals surface area (Å²) in [6.07, 6.45) is 2.04. The first-order valence-electron chi connectivity index (χ1n) is 4.16. The molecule has 0 unspecified atom stereocenters. The van der Waals surface area contributed by atoms with Crippen LogP contribution in [0.4, 0.5) is 5.00 Å². The molecule has 2 aromatic rings. The van der Waals surface area contributed by atoms with Gasteiger partial charge in [-0.3, -0.25) is 0 Å². The molecule has 0 aliphatic rings. The Kier molecular flexibility index (Phi) is 2.56. The van der Waals surface area contributed by atoms with Crippen LogP contribution < -0.4 is 10.5 Å². The number of ether oxygens (including phenoxy) is 1. The molecule has 0 radical (unpaired) electrons. The van der Waals surface area contributed by atoms with Crippen LogP contribution in [0.2, 0.25) is 0 Å². The molecule has 0 aliphatic heterocycles. The minimum atomic E-state index is 0.880. The Morgan fingerprint density at radius 2 is 2.21 bits per heavy atom. The lowest BCUT2D eigenvalue weighted by Gasteiger charge is -1.99. The number of rotatable bonds is 2. The van der Waals surface area contributed by atoms with Crippen molar-refractivity contribution in [3.63, 3.8) is 0 Å². The Bertz CT molecular complexity index is 464. The fourth-order valence-electron chi connectivity index (χ4n) is 1.41. The van der Waals surface area contributed by atoms with Gasteiger partial charge >= 0.3 is 0 Å². The van der Waals surface area contributed by atoms with E-state index in [1.165, 1.54) is 10.1 Å². The van der Waals surface area contributed by atoms with Crippen LogP contribution in [0.3, 0.4) is 0 Å². The van der Waals surface area contributed by atoms with Gasteiger partial charge in [0.05, 0.1) is 7.11 Å². The standard InChI is InChI=1S/C10H11NOS2/c1-12-6-3-4-8-7(5-6)9(13-2)10(11)14-8/h3-5H,11H2,1-2H3. The molecule has 0 spiro atoms. The zero-order valence-electron chi connectivity index (χ0n) is 8.03. The van der Waals surface area contributed by atoms with Crippen molar-refractivity contribution in [3.05, 3.63) is 18.2 Å². The van der Waals surface area contributed by atoms with Crippen LogP contribution in [0.1, 0.15) is 0 Å². The average Bonchev–Trinajstić information content (AvgIpc) is 2.52. The number of hydrogen-bond acceptors (Lipinski definition) is 4. The maximum Gasteiger partial charge on any atom is 0.119 e. The highest BCUT2D eigenvalue weighted by atomic mass is 32.2. The summed E-state index contributed by atoms with van der Waals surface area (Å²) in [4.78, 5) is 1.16. The zero-order chi connectivity index (χ0) is 10.1. The summed E-state index contributed by atoms with van der Waals surface area (Å²) in [6.45, 7) is 0. The molecule has 1 aromatic carbocycles. The molecule has 0 atom stereocenters. The highest BCUT2D eigenvalue weighted by Crippen LogP contribution is 2.40. The number of hydrogen-bond donors (Lipinski definition) is 1. The second-order valence-corrected chi connectivity index (χ2v) is 4.76. The summed E-state index contributed by atoms with van der Waals surface area (Å²) in [5, 5.41) is 2.08. The maximum absolute atomic E-state index is 5.91. The second kappa shape index (κ2) is 3.71. The maximum atomic E-state index is 5.91. The molecule has 2 nitrogen and oxygen atoms in total. The Labute approximate surface area is 91.1 Å². The Hall–Kier alpha value is -0.870. The van der Waals surface area contributed by atoms with Gasteiger partial charge < -0.3 is 10.5 Å². The van der Waals surface area contributed by atoms with Crippen molar-refractivity contribution in [3.8, 4) is 5.75 Å². The number of anilines is 1. The van der Waals surface area contributed by atoms with E-state index in [1.807, 2.05) is 18.4 Å². The first-order chi connectivity index (χ1) is 6.76. The number of thioether (sulfide) groups is 1. The minimum Gasteiger partial charge on any atom is -0.497 e. The zero-order valence-corrected chi connectivity index (χ0v) is 9.67. The van der Waals surface area contributed by atoms with Crippen LogP contribution in [0.5, 0.6) is 5.75 Å². The van der Waals surface area contributed by atoms with Gasteiger partial charge in [0.25, 0.3) is 0 Å². The fourth-order valence-corrected chi connectivity index (χ4v) is 3.29. The summed E-state index contributed by atoms with van der Waals surface area (Å²) in [5.41, 5.74) is 5.91. The van der Waals surface area contributed by atoms with Crippen molar-refractivity contribution >= 4 is 38.2 Å². The molecule has 2 rings (SSSR count). The summed E-state index contributed by atoms with van der Waals surface area (Å²) < 4.78 is 6.40. The predicted molar refractivity (Wildman–Crippen MR) is 64.6 cm³/mol. The van der Waals surface area contributed by atoms with Crippen LogP contribution in [0, 0.1) is 0 Å². The highest BCUT2D eigenvalue weighted by Gasteiger charge is 2.09. The van der Waals surface area contributed by atoms with E-state index < -0.39 is 0 Å². The van der Waals surface area contributed by atoms with Gasteiger partial charge in [0.15, 0.2) is 0 Å². The lowest BCUT2D eigenvalue weighted by atomic mass is 10.2. The Morgan fingerprint density at radius 1 is 1.43 bits per heavy atom. The summed E-state index contributed by atoms with van der Waals surface area (Å²) in [5.74, 6) is 0.880. The summed E-state index contributed by atoms with van der Waals surface area (Å²) in [6, 6.07) is 6.05. The van der Waals surface area contributed by atoms with Crippen molar-refractivity contribution in [2.24, 2.45) is 0 Å². The van der Waals surface area contributed by atoms with E-state index in [2.05, 4.69) is 6.07 Å². The lowest BCUT2D eigenvalue weighted by Crippen LogP contribution is -1.82. The number of thiophene rings is 1. The molecular formula is C10H11NOS2. The number of methoxy groups -OCH3 is 1. The van der Waals surface area contributed by atoms with Crippen molar-refractivity contribution in [1.82, 2.24) is 0 Å². The summed E-state index contributed by atoms with van der Waals surface area (Å²) in [7, 11) is 1.68. The van der Waals surface area contributed by atoms with Crippen LogP contribution >= 0.6 is 23.1 Å². The number of fused-ring (bicyclic) bond motifs is 1. The molecule has 1 heterocycles. The average molecular weight is 225 g/mol. The molecule has 4 heteroatoms. The minimum absolute atomic E-state index is 0.880. The Morgan fingerprint density at radius 3 is 2.86 bits per heavy atom. The highest BCUT2D eigenvalue weighted by molar-refractivity contribution is 7.99.